The standard InChI is InChI=1S/C7H10N2O/c1-6-7(3-2-4-10)5-8-9-6/h2-3,5,10H,4H2,1H3,(H,8,9)/b3-2+. The number of nitrogens with one attached hydrogen (secondary N) is 1. The Morgan fingerprint density at radius 1 is 1.80 bits per heavy atom. The summed E-state index contributed by atoms with van der Waals surface area (Å²) in [6, 6.07) is 0. The van der Waals surface area contributed by atoms with Gasteiger partial charge in [-0.05, 0) is 6.92 Å². The van der Waals surface area contributed by atoms with E-state index >= 15 is 0 Å². The molecule has 0 bridgehead atoms. The minimum absolute atomic E-state index is 0.0740. The molecule has 3 heteroatoms. The summed E-state index contributed by atoms with van der Waals surface area (Å²) in [4.78, 5) is 0. The molecule has 0 aliphatic rings. The van der Waals surface area contributed by atoms with Crippen LogP contribution in [0.15, 0.2) is 12.3 Å². The van der Waals surface area contributed by atoms with E-state index in [2.05, 4.69) is 10.2 Å². The fourth-order valence-electron chi connectivity index (χ4n) is 0.708. The fraction of sp³-hybridized carbons (Fsp3) is 0.286. The highest BCUT2D eigenvalue weighted by molar-refractivity contribution is 5.50. The largest absolute Gasteiger partial charge is 0.392 e. The minimum atomic E-state index is 0.0740. The van der Waals surface area contributed by atoms with Gasteiger partial charge in [-0.3, -0.25) is 5.10 Å². The molecule has 0 spiro atoms. The minimum Gasteiger partial charge on any atom is -0.392 e. The molecule has 1 rings (SSSR count). The third-order valence-corrected chi connectivity index (χ3v) is 1.27. The van der Waals surface area contributed by atoms with Crippen molar-refractivity contribution in [2.45, 2.75) is 6.92 Å². The highest BCUT2D eigenvalue weighted by Crippen LogP contribution is 2.03. The first-order chi connectivity index (χ1) is 4.84. The van der Waals surface area contributed by atoms with Crippen LogP contribution in [-0.2, 0) is 0 Å². The lowest BCUT2D eigenvalue weighted by Crippen LogP contribution is -1.75. The van der Waals surface area contributed by atoms with Crippen LogP contribution >= 0.6 is 0 Å². The van der Waals surface area contributed by atoms with Crippen molar-refractivity contribution in [2.75, 3.05) is 6.61 Å². The number of aromatic amines is 1. The molecular formula is C7H10N2O. The van der Waals surface area contributed by atoms with Gasteiger partial charge in [-0.25, -0.2) is 0 Å². The van der Waals surface area contributed by atoms with Crippen LogP contribution in [0.3, 0.4) is 0 Å². The van der Waals surface area contributed by atoms with Gasteiger partial charge in [-0.2, -0.15) is 5.10 Å². The monoisotopic (exact) mass is 138 g/mol. The average molecular weight is 138 g/mol. The van der Waals surface area contributed by atoms with E-state index in [1.807, 2.05) is 13.0 Å². The Hall–Kier alpha value is -1.09. The smallest absolute Gasteiger partial charge is 0.0615 e. The maximum Gasteiger partial charge on any atom is 0.0615 e. The van der Waals surface area contributed by atoms with Crippen molar-refractivity contribution >= 4 is 6.08 Å². The molecule has 0 saturated heterocycles. The molecule has 0 fully saturated rings. The Labute approximate surface area is 59.4 Å². The summed E-state index contributed by atoms with van der Waals surface area (Å²) >= 11 is 0. The van der Waals surface area contributed by atoms with Gasteiger partial charge in [0.25, 0.3) is 0 Å². The topological polar surface area (TPSA) is 48.9 Å². The zero-order valence-corrected chi connectivity index (χ0v) is 5.83. The number of aromatic nitrogens is 2. The van der Waals surface area contributed by atoms with Crippen LogP contribution in [0.5, 0.6) is 0 Å². The van der Waals surface area contributed by atoms with Crippen LogP contribution in [0.4, 0.5) is 0 Å². The van der Waals surface area contributed by atoms with Gasteiger partial charge in [0.2, 0.25) is 0 Å². The predicted molar refractivity (Wildman–Crippen MR) is 39.4 cm³/mol. The van der Waals surface area contributed by atoms with E-state index in [0.29, 0.717) is 0 Å². The highest BCUT2D eigenvalue weighted by Gasteiger charge is 1.92. The van der Waals surface area contributed by atoms with Crippen molar-refractivity contribution in [3.8, 4) is 0 Å². The first-order valence-corrected chi connectivity index (χ1v) is 3.12. The van der Waals surface area contributed by atoms with E-state index in [4.69, 9.17) is 5.11 Å². The Morgan fingerprint density at radius 2 is 2.60 bits per heavy atom. The lowest BCUT2D eigenvalue weighted by molar-refractivity contribution is 0.343. The van der Waals surface area contributed by atoms with E-state index in [1.54, 1.807) is 12.3 Å². The normalized spacial score (nSPS) is 11.0. The molecule has 3 nitrogen and oxygen atoms in total. The van der Waals surface area contributed by atoms with E-state index in [9.17, 15) is 0 Å². The van der Waals surface area contributed by atoms with E-state index in [1.165, 1.54) is 0 Å². The molecule has 54 valence electrons. The Bertz CT molecular complexity index is 227. The number of nitrogens with zero attached hydrogens (tertiary/aromatic N) is 1. The molecular weight excluding hydrogens is 128 g/mol. The summed E-state index contributed by atoms with van der Waals surface area (Å²) in [6.45, 7) is 2.01. The summed E-state index contributed by atoms with van der Waals surface area (Å²) in [5.41, 5.74) is 2.04. The van der Waals surface area contributed by atoms with Crippen molar-refractivity contribution < 1.29 is 5.11 Å². The van der Waals surface area contributed by atoms with Gasteiger partial charge in [-0.1, -0.05) is 12.2 Å². The number of aliphatic hydroxyl groups excluding tert-OH is 1. The fourth-order valence-corrected chi connectivity index (χ4v) is 0.708. The number of hydrogen-bond donors (Lipinski definition) is 2. The molecule has 2 N–H and O–H groups in total. The molecule has 0 aromatic carbocycles. The van der Waals surface area contributed by atoms with Crippen LogP contribution in [0.1, 0.15) is 11.3 Å². The van der Waals surface area contributed by atoms with E-state index in [0.717, 1.165) is 11.3 Å². The molecule has 1 aromatic rings. The van der Waals surface area contributed by atoms with Gasteiger partial charge in [0.15, 0.2) is 0 Å². The van der Waals surface area contributed by atoms with E-state index < -0.39 is 0 Å². The van der Waals surface area contributed by atoms with Crippen LogP contribution < -0.4 is 0 Å². The van der Waals surface area contributed by atoms with Gasteiger partial charge in [0, 0.05) is 11.3 Å². The molecule has 0 aliphatic heterocycles. The zero-order valence-electron chi connectivity index (χ0n) is 5.83. The van der Waals surface area contributed by atoms with Gasteiger partial charge >= 0.3 is 0 Å². The highest BCUT2D eigenvalue weighted by atomic mass is 16.2. The van der Waals surface area contributed by atoms with Crippen LogP contribution in [0, 0.1) is 6.92 Å². The summed E-state index contributed by atoms with van der Waals surface area (Å²) in [7, 11) is 0. The van der Waals surface area contributed by atoms with Gasteiger partial charge in [0.05, 0.1) is 12.8 Å². The average Bonchev–Trinajstić information content (AvgIpc) is 2.31. The third-order valence-electron chi connectivity index (χ3n) is 1.27. The molecule has 0 saturated carbocycles. The second-order valence-corrected chi connectivity index (χ2v) is 2.04. The van der Waals surface area contributed by atoms with Crippen LogP contribution in [0.2, 0.25) is 0 Å². The van der Waals surface area contributed by atoms with Crippen molar-refractivity contribution in [1.82, 2.24) is 10.2 Å². The third kappa shape index (κ3) is 1.45. The molecule has 0 atom stereocenters. The van der Waals surface area contributed by atoms with Crippen LogP contribution in [-0.4, -0.2) is 21.9 Å². The molecule has 0 radical (unpaired) electrons. The van der Waals surface area contributed by atoms with E-state index in [-0.39, 0.29) is 6.61 Å². The number of aliphatic hydroxyl groups is 1. The second-order valence-electron chi connectivity index (χ2n) is 2.04. The number of aryl methyl sites for hydroxylation is 1. The lowest BCUT2D eigenvalue weighted by atomic mass is 10.2. The number of H-pyrrole nitrogens is 1. The molecule has 10 heavy (non-hydrogen) atoms. The maximum absolute atomic E-state index is 8.44. The SMILES string of the molecule is Cc1[nH]ncc1/C=C/CO. The predicted octanol–water partition coefficient (Wildman–Crippen LogP) is 0.724. The summed E-state index contributed by atoms with van der Waals surface area (Å²) in [5, 5.41) is 15.0. The Kier molecular flexibility index (Phi) is 2.23. The summed E-state index contributed by atoms with van der Waals surface area (Å²) < 4.78 is 0. The first-order valence-electron chi connectivity index (χ1n) is 3.12. The first kappa shape index (κ1) is 7.02. The van der Waals surface area contributed by atoms with Gasteiger partial charge in [0.1, 0.15) is 0 Å². The molecule has 0 aliphatic carbocycles. The van der Waals surface area contributed by atoms with Crippen molar-refractivity contribution in [3.63, 3.8) is 0 Å². The van der Waals surface area contributed by atoms with Crippen molar-refractivity contribution in [2.24, 2.45) is 0 Å². The van der Waals surface area contributed by atoms with Gasteiger partial charge in [-0.15, -0.1) is 0 Å². The van der Waals surface area contributed by atoms with Crippen LogP contribution in [0.25, 0.3) is 6.08 Å². The molecule has 1 heterocycles. The summed E-state index contributed by atoms with van der Waals surface area (Å²) in [5.74, 6) is 0. The van der Waals surface area contributed by atoms with Gasteiger partial charge < -0.3 is 5.11 Å². The molecule has 0 unspecified atom stereocenters. The molecule has 1 aromatic heterocycles. The summed E-state index contributed by atoms with van der Waals surface area (Å²) in [6.07, 6.45) is 5.23. The van der Waals surface area contributed by atoms with Crippen molar-refractivity contribution in [1.29, 1.82) is 0 Å². The Balaban J connectivity index is 2.74. The van der Waals surface area contributed by atoms with Crippen molar-refractivity contribution in [3.05, 3.63) is 23.5 Å². The maximum atomic E-state index is 8.44. The Morgan fingerprint density at radius 3 is 3.10 bits per heavy atom. The number of hydrogen-bond acceptors (Lipinski definition) is 2. The lowest BCUT2D eigenvalue weighted by Gasteiger charge is -1.85. The number of rotatable bonds is 2. The quantitative estimate of drug-likeness (QED) is 0.632. The molecule has 0 amide bonds. The zero-order chi connectivity index (χ0) is 7.40. The second kappa shape index (κ2) is 3.17.